The molecule has 0 unspecified atom stereocenters. The van der Waals surface area contributed by atoms with Crippen molar-refractivity contribution in [3.63, 3.8) is 0 Å². The van der Waals surface area contributed by atoms with Crippen LogP contribution in [0.2, 0.25) is 0 Å². The number of aromatic nitrogens is 2. The number of aromatic carboxylic acids is 1. The second kappa shape index (κ2) is 5.52. The van der Waals surface area contributed by atoms with E-state index in [1.54, 1.807) is 10.6 Å². The molecule has 0 atom stereocenters. The summed E-state index contributed by atoms with van der Waals surface area (Å²) in [5.41, 5.74) is 2.64. The fraction of sp³-hybridized carbons (Fsp3) is 0.176. The average molecular weight is 296 g/mol. The SMILES string of the molecule is Cc1cccc(OCc2nc(C(=O)O)c3c(C)cccn23)c1. The Labute approximate surface area is 127 Å². The highest BCUT2D eigenvalue weighted by Gasteiger charge is 2.18. The van der Waals surface area contributed by atoms with E-state index in [0.29, 0.717) is 11.3 Å². The Morgan fingerprint density at radius 3 is 2.82 bits per heavy atom. The Hall–Kier alpha value is -2.82. The number of carboxylic acids is 1. The van der Waals surface area contributed by atoms with Crippen LogP contribution >= 0.6 is 0 Å². The molecule has 0 aliphatic heterocycles. The van der Waals surface area contributed by atoms with Gasteiger partial charge < -0.3 is 9.84 Å². The van der Waals surface area contributed by atoms with E-state index in [0.717, 1.165) is 16.9 Å². The van der Waals surface area contributed by atoms with Gasteiger partial charge in [0.05, 0.1) is 5.52 Å². The number of rotatable bonds is 4. The van der Waals surface area contributed by atoms with Crippen LogP contribution in [0.1, 0.15) is 27.4 Å². The van der Waals surface area contributed by atoms with E-state index < -0.39 is 5.97 Å². The summed E-state index contributed by atoms with van der Waals surface area (Å²) in [4.78, 5) is 15.6. The van der Waals surface area contributed by atoms with E-state index in [4.69, 9.17) is 4.74 Å². The van der Waals surface area contributed by atoms with Crippen molar-refractivity contribution in [3.05, 3.63) is 65.2 Å². The van der Waals surface area contributed by atoms with E-state index in [1.807, 2.05) is 50.2 Å². The maximum Gasteiger partial charge on any atom is 0.356 e. The third-order valence-corrected chi connectivity index (χ3v) is 3.50. The van der Waals surface area contributed by atoms with Crippen molar-refractivity contribution in [1.29, 1.82) is 0 Å². The molecule has 0 aliphatic rings. The van der Waals surface area contributed by atoms with E-state index in [2.05, 4.69) is 4.98 Å². The lowest BCUT2D eigenvalue weighted by atomic mass is 10.2. The Morgan fingerprint density at radius 1 is 1.27 bits per heavy atom. The lowest BCUT2D eigenvalue weighted by Crippen LogP contribution is -2.01. The van der Waals surface area contributed by atoms with Gasteiger partial charge in [-0.15, -0.1) is 0 Å². The zero-order chi connectivity index (χ0) is 15.7. The largest absolute Gasteiger partial charge is 0.486 e. The van der Waals surface area contributed by atoms with Crippen molar-refractivity contribution in [2.75, 3.05) is 0 Å². The van der Waals surface area contributed by atoms with Crippen molar-refractivity contribution in [2.45, 2.75) is 20.5 Å². The summed E-state index contributed by atoms with van der Waals surface area (Å²) in [7, 11) is 0. The minimum absolute atomic E-state index is 0.0564. The molecule has 0 saturated heterocycles. The van der Waals surface area contributed by atoms with Gasteiger partial charge in [0.1, 0.15) is 12.4 Å². The Bertz CT molecular complexity index is 852. The van der Waals surface area contributed by atoms with Gasteiger partial charge in [-0.05, 0) is 43.2 Å². The standard InChI is InChI=1S/C17H16N2O3/c1-11-5-3-7-13(9-11)22-10-14-18-15(17(20)21)16-12(2)6-4-8-19(14)16/h3-9H,10H2,1-2H3,(H,20,21). The Morgan fingerprint density at radius 2 is 2.09 bits per heavy atom. The van der Waals surface area contributed by atoms with Crippen molar-refractivity contribution in [2.24, 2.45) is 0 Å². The summed E-state index contributed by atoms with van der Waals surface area (Å²) in [5, 5.41) is 9.33. The molecular weight excluding hydrogens is 280 g/mol. The molecule has 3 rings (SSSR count). The number of carbonyl (C=O) groups is 1. The molecule has 1 aromatic carbocycles. The number of fused-ring (bicyclic) bond motifs is 1. The molecule has 112 valence electrons. The summed E-state index contributed by atoms with van der Waals surface area (Å²) >= 11 is 0. The van der Waals surface area contributed by atoms with Crippen LogP contribution in [0.15, 0.2) is 42.6 Å². The first-order valence-electron chi connectivity index (χ1n) is 6.95. The van der Waals surface area contributed by atoms with Gasteiger partial charge in [0.25, 0.3) is 0 Å². The highest BCUT2D eigenvalue weighted by Crippen LogP contribution is 2.19. The minimum Gasteiger partial charge on any atom is -0.486 e. The van der Waals surface area contributed by atoms with Crippen molar-refractivity contribution >= 4 is 11.5 Å². The molecule has 1 N–H and O–H groups in total. The first-order chi connectivity index (χ1) is 10.6. The zero-order valence-electron chi connectivity index (χ0n) is 12.4. The van der Waals surface area contributed by atoms with Crippen LogP contribution in [-0.2, 0) is 6.61 Å². The van der Waals surface area contributed by atoms with Gasteiger partial charge >= 0.3 is 5.97 Å². The van der Waals surface area contributed by atoms with Crippen LogP contribution < -0.4 is 4.74 Å². The average Bonchev–Trinajstić information content (AvgIpc) is 2.86. The van der Waals surface area contributed by atoms with Gasteiger partial charge in [-0.25, -0.2) is 9.78 Å². The van der Waals surface area contributed by atoms with Crippen molar-refractivity contribution in [1.82, 2.24) is 9.38 Å². The van der Waals surface area contributed by atoms with Gasteiger partial charge in [0.15, 0.2) is 11.5 Å². The van der Waals surface area contributed by atoms with Crippen LogP contribution in [0.5, 0.6) is 5.75 Å². The first-order valence-corrected chi connectivity index (χ1v) is 6.95. The molecule has 2 heterocycles. The molecule has 0 bridgehead atoms. The molecule has 0 radical (unpaired) electrons. The quantitative estimate of drug-likeness (QED) is 0.803. The molecule has 0 fully saturated rings. The lowest BCUT2D eigenvalue weighted by molar-refractivity contribution is 0.0693. The fourth-order valence-corrected chi connectivity index (χ4v) is 2.47. The van der Waals surface area contributed by atoms with Crippen LogP contribution in [0.4, 0.5) is 0 Å². The number of nitrogens with zero attached hydrogens (tertiary/aromatic N) is 2. The highest BCUT2D eigenvalue weighted by molar-refractivity contribution is 5.94. The summed E-state index contributed by atoms with van der Waals surface area (Å²) in [6.07, 6.45) is 1.80. The molecule has 22 heavy (non-hydrogen) atoms. The minimum atomic E-state index is -1.03. The molecule has 0 spiro atoms. The van der Waals surface area contributed by atoms with E-state index in [9.17, 15) is 9.90 Å². The van der Waals surface area contributed by atoms with E-state index in [-0.39, 0.29) is 12.3 Å². The second-order valence-corrected chi connectivity index (χ2v) is 5.20. The van der Waals surface area contributed by atoms with Gasteiger partial charge in [-0.1, -0.05) is 18.2 Å². The number of aryl methyl sites for hydroxylation is 2. The van der Waals surface area contributed by atoms with Gasteiger partial charge in [0.2, 0.25) is 0 Å². The number of benzene rings is 1. The molecule has 5 heteroatoms. The van der Waals surface area contributed by atoms with Crippen LogP contribution in [0.25, 0.3) is 5.52 Å². The van der Waals surface area contributed by atoms with Crippen molar-refractivity contribution in [3.8, 4) is 5.75 Å². The second-order valence-electron chi connectivity index (χ2n) is 5.20. The normalized spacial score (nSPS) is 10.8. The first kappa shape index (κ1) is 14.1. The number of imidazole rings is 1. The zero-order valence-corrected chi connectivity index (χ0v) is 12.4. The molecule has 0 saturated carbocycles. The van der Waals surface area contributed by atoms with E-state index in [1.165, 1.54) is 0 Å². The highest BCUT2D eigenvalue weighted by atomic mass is 16.5. The molecule has 0 aliphatic carbocycles. The smallest absolute Gasteiger partial charge is 0.356 e. The van der Waals surface area contributed by atoms with Crippen LogP contribution in [0, 0.1) is 13.8 Å². The predicted molar refractivity (Wildman–Crippen MR) is 82.4 cm³/mol. The maximum atomic E-state index is 11.4. The summed E-state index contributed by atoms with van der Waals surface area (Å²) < 4.78 is 7.51. The summed E-state index contributed by atoms with van der Waals surface area (Å²) in [6, 6.07) is 11.4. The van der Waals surface area contributed by atoms with E-state index >= 15 is 0 Å². The number of hydrogen-bond acceptors (Lipinski definition) is 3. The van der Waals surface area contributed by atoms with Crippen LogP contribution in [0.3, 0.4) is 0 Å². The number of pyridine rings is 1. The van der Waals surface area contributed by atoms with Gasteiger partial charge in [-0.3, -0.25) is 4.40 Å². The molecule has 2 aromatic heterocycles. The molecule has 3 aromatic rings. The Kier molecular flexibility index (Phi) is 3.55. The third kappa shape index (κ3) is 2.53. The van der Waals surface area contributed by atoms with Crippen LogP contribution in [-0.4, -0.2) is 20.5 Å². The summed E-state index contributed by atoms with van der Waals surface area (Å²) in [5.74, 6) is 0.271. The fourth-order valence-electron chi connectivity index (χ4n) is 2.47. The number of ether oxygens (including phenoxy) is 1. The maximum absolute atomic E-state index is 11.4. The Balaban J connectivity index is 1.97. The number of carboxylic acid groups (broad SMARTS) is 1. The van der Waals surface area contributed by atoms with Crippen molar-refractivity contribution < 1.29 is 14.6 Å². The molecule has 5 nitrogen and oxygen atoms in total. The topological polar surface area (TPSA) is 63.8 Å². The molecular formula is C17H16N2O3. The van der Waals surface area contributed by atoms with Gasteiger partial charge in [-0.2, -0.15) is 0 Å². The van der Waals surface area contributed by atoms with Gasteiger partial charge in [0, 0.05) is 6.20 Å². The lowest BCUT2D eigenvalue weighted by Gasteiger charge is -2.06. The summed E-state index contributed by atoms with van der Waals surface area (Å²) in [6.45, 7) is 4.07. The number of hydrogen-bond donors (Lipinski definition) is 1. The third-order valence-electron chi connectivity index (χ3n) is 3.50. The monoisotopic (exact) mass is 296 g/mol. The predicted octanol–water partition coefficient (Wildman–Crippen LogP) is 3.23. The molecule has 0 amide bonds.